The molecule has 2 nitrogen and oxygen atoms in total. The van der Waals surface area contributed by atoms with Crippen LogP contribution in [-0.2, 0) is 12.0 Å². The lowest BCUT2D eigenvalue weighted by Gasteiger charge is -2.25. The maximum Gasteiger partial charge on any atom is 0.151 e. The lowest BCUT2D eigenvalue weighted by Crippen LogP contribution is -2.31. The van der Waals surface area contributed by atoms with Crippen LogP contribution < -0.4 is 5.32 Å². The predicted molar refractivity (Wildman–Crippen MR) is 79.8 cm³/mol. The average Bonchev–Trinajstić information content (AvgIpc) is 2.80. The molecule has 0 heterocycles. The molecular weight excluding hydrogens is 319 g/mol. The van der Waals surface area contributed by atoms with E-state index in [4.69, 9.17) is 0 Å². The first kappa shape index (κ1) is 13.1. The van der Waals surface area contributed by atoms with Gasteiger partial charge in [-0.2, -0.15) is 5.26 Å². The van der Waals surface area contributed by atoms with Crippen molar-refractivity contribution in [2.45, 2.75) is 18.4 Å². The van der Waals surface area contributed by atoms with Crippen molar-refractivity contribution in [3.05, 3.63) is 63.9 Å². The third-order valence-corrected chi connectivity index (χ3v) is 4.20. The van der Waals surface area contributed by atoms with Crippen LogP contribution in [0.1, 0.15) is 17.5 Å². The first-order chi connectivity index (χ1) is 9.64. The molecule has 1 atom stereocenters. The maximum absolute atomic E-state index is 13.8. The second kappa shape index (κ2) is 4.92. The number of nitrogens with one attached hydrogen (secondary N) is 1. The monoisotopic (exact) mass is 330 g/mol. The Morgan fingerprint density at radius 2 is 2.05 bits per heavy atom. The molecule has 2 aromatic rings. The molecule has 20 heavy (non-hydrogen) atoms. The molecule has 3 rings (SSSR count). The topological polar surface area (TPSA) is 35.8 Å². The smallest absolute Gasteiger partial charge is 0.151 e. The summed E-state index contributed by atoms with van der Waals surface area (Å²) in [6.45, 7) is 0. The molecule has 0 aliphatic heterocycles. The Kier molecular flexibility index (Phi) is 3.23. The van der Waals surface area contributed by atoms with Crippen molar-refractivity contribution in [2.75, 3.05) is 5.32 Å². The summed E-state index contributed by atoms with van der Waals surface area (Å²) in [4.78, 5) is 0. The lowest BCUT2D eigenvalue weighted by atomic mass is 9.93. The molecule has 4 heteroatoms. The average molecular weight is 331 g/mol. The van der Waals surface area contributed by atoms with E-state index in [2.05, 4.69) is 27.3 Å². The molecular formula is C16H12BrFN2. The van der Waals surface area contributed by atoms with Crippen molar-refractivity contribution in [1.29, 1.82) is 5.26 Å². The third-order valence-electron chi connectivity index (χ3n) is 3.71. The Morgan fingerprint density at radius 3 is 2.80 bits per heavy atom. The number of hydrogen-bond donors (Lipinski definition) is 1. The number of nitriles is 1. The van der Waals surface area contributed by atoms with Crippen molar-refractivity contribution in [2.24, 2.45) is 0 Å². The van der Waals surface area contributed by atoms with E-state index in [0.717, 1.165) is 22.0 Å². The minimum absolute atomic E-state index is 0.340. The van der Waals surface area contributed by atoms with Crippen molar-refractivity contribution in [3.8, 4) is 6.07 Å². The number of aryl methyl sites for hydroxylation is 1. The first-order valence-electron chi connectivity index (χ1n) is 6.37. The number of halogens is 2. The zero-order valence-electron chi connectivity index (χ0n) is 10.7. The number of anilines is 1. The van der Waals surface area contributed by atoms with Gasteiger partial charge in [0.1, 0.15) is 5.82 Å². The highest BCUT2D eigenvalue weighted by molar-refractivity contribution is 9.10. The van der Waals surface area contributed by atoms with E-state index in [1.807, 2.05) is 18.2 Å². The molecule has 1 aliphatic carbocycles. The Morgan fingerprint density at radius 1 is 1.25 bits per heavy atom. The number of nitrogens with zero attached hydrogens (tertiary/aromatic N) is 1. The highest BCUT2D eigenvalue weighted by atomic mass is 79.9. The van der Waals surface area contributed by atoms with Crippen molar-refractivity contribution < 1.29 is 4.39 Å². The standard InChI is InChI=1S/C16H12BrFN2/c17-12-5-6-13-11(9-12)7-8-16(13,10-19)20-15-4-2-1-3-14(15)18/h1-6,9,20H,7-8H2. The zero-order valence-corrected chi connectivity index (χ0v) is 12.2. The molecule has 0 saturated heterocycles. The lowest BCUT2D eigenvalue weighted by molar-refractivity contribution is 0.593. The Labute approximate surface area is 125 Å². The summed E-state index contributed by atoms with van der Waals surface area (Å²) in [6.07, 6.45) is 1.45. The Balaban J connectivity index is 2.04. The number of rotatable bonds is 2. The van der Waals surface area contributed by atoms with Gasteiger partial charge in [0.2, 0.25) is 0 Å². The highest BCUT2D eigenvalue weighted by Crippen LogP contribution is 2.40. The largest absolute Gasteiger partial charge is 0.361 e. The van der Waals surface area contributed by atoms with Crippen LogP contribution in [0.4, 0.5) is 10.1 Å². The van der Waals surface area contributed by atoms with Gasteiger partial charge in [-0.05, 0) is 48.2 Å². The van der Waals surface area contributed by atoms with E-state index in [-0.39, 0.29) is 5.82 Å². The molecule has 1 N–H and O–H groups in total. The minimum Gasteiger partial charge on any atom is -0.361 e. The summed E-state index contributed by atoms with van der Waals surface area (Å²) in [7, 11) is 0. The van der Waals surface area contributed by atoms with Gasteiger partial charge >= 0.3 is 0 Å². The van der Waals surface area contributed by atoms with Crippen LogP contribution >= 0.6 is 15.9 Å². The number of hydrogen-bond acceptors (Lipinski definition) is 2. The first-order valence-corrected chi connectivity index (χ1v) is 7.17. The fourth-order valence-corrected chi connectivity index (χ4v) is 3.12. The number of benzene rings is 2. The molecule has 0 saturated carbocycles. The van der Waals surface area contributed by atoms with E-state index in [0.29, 0.717) is 12.1 Å². The molecule has 0 bridgehead atoms. The van der Waals surface area contributed by atoms with E-state index >= 15 is 0 Å². The Hall–Kier alpha value is -1.86. The zero-order chi connectivity index (χ0) is 14.2. The molecule has 0 fully saturated rings. The molecule has 2 aromatic carbocycles. The van der Waals surface area contributed by atoms with Crippen LogP contribution in [0.5, 0.6) is 0 Å². The van der Waals surface area contributed by atoms with E-state index in [9.17, 15) is 9.65 Å². The van der Waals surface area contributed by atoms with Crippen molar-refractivity contribution in [3.63, 3.8) is 0 Å². The summed E-state index contributed by atoms with van der Waals surface area (Å²) in [5.41, 5.74) is 1.58. The van der Waals surface area contributed by atoms with Crippen molar-refractivity contribution in [1.82, 2.24) is 0 Å². The minimum atomic E-state index is -0.849. The Bertz CT molecular complexity index is 708. The summed E-state index contributed by atoms with van der Waals surface area (Å²) in [5, 5.41) is 12.7. The van der Waals surface area contributed by atoms with Gasteiger partial charge in [0.15, 0.2) is 5.54 Å². The summed E-state index contributed by atoms with van der Waals surface area (Å²) in [5.74, 6) is -0.340. The predicted octanol–water partition coefficient (Wildman–Crippen LogP) is 4.37. The number of fused-ring (bicyclic) bond motifs is 1. The van der Waals surface area contributed by atoms with Gasteiger partial charge in [0.25, 0.3) is 0 Å². The van der Waals surface area contributed by atoms with Crippen LogP contribution in [0.2, 0.25) is 0 Å². The van der Waals surface area contributed by atoms with E-state index in [1.165, 1.54) is 6.07 Å². The fourth-order valence-electron chi connectivity index (χ4n) is 2.71. The number of para-hydroxylation sites is 1. The molecule has 0 amide bonds. The van der Waals surface area contributed by atoms with Gasteiger partial charge < -0.3 is 5.32 Å². The van der Waals surface area contributed by atoms with Gasteiger partial charge in [0.05, 0.1) is 11.8 Å². The van der Waals surface area contributed by atoms with Crippen LogP contribution in [-0.4, -0.2) is 0 Å². The second-order valence-electron chi connectivity index (χ2n) is 4.92. The SMILES string of the molecule is N#CC1(Nc2ccccc2F)CCc2cc(Br)ccc21. The summed E-state index contributed by atoms with van der Waals surface area (Å²) in [6, 6.07) is 14.7. The quantitative estimate of drug-likeness (QED) is 0.887. The molecule has 0 aromatic heterocycles. The van der Waals surface area contributed by atoms with Gasteiger partial charge in [-0.1, -0.05) is 34.1 Å². The third kappa shape index (κ3) is 2.08. The van der Waals surface area contributed by atoms with Gasteiger partial charge in [-0.3, -0.25) is 0 Å². The van der Waals surface area contributed by atoms with Crippen LogP contribution in [0.3, 0.4) is 0 Å². The molecule has 100 valence electrons. The van der Waals surface area contributed by atoms with Gasteiger partial charge in [-0.25, -0.2) is 4.39 Å². The van der Waals surface area contributed by atoms with Crippen LogP contribution in [0.15, 0.2) is 46.9 Å². The van der Waals surface area contributed by atoms with Gasteiger partial charge in [-0.15, -0.1) is 0 Å². The van der Waals surface area contributed by atoms with Crippen molar-refractivity contribution >= 4 is 21.6 Å². The van der Waals surface area contributed by atoms with Crippen LogP contribution in [0.25, 0.3) is 0 Å². The fraction of sp³-hybridized carbons (Fsp3) is 0.188. The second-order valence-corrected chi connectivity index (χ2v) is 5.84. The summed E-state index contributed by atoms with van der Waals surface area (Å²) >= 11 is 3.44. The molecule has 0 radical (unpaired) electrons. The van der Waals surface area contributed by atoms with Crippen LogP contribution in [0, 0.1) is 17.1 Å². The molecule has 1 aliphatic rings. The molecule has 1 unspecified atom stereocenters. The summed E-state index contributed by atoms with van der Waals surface area (Å²) < 4.78 is 14.8. The highest BCUT2D eigenvalue weighted by Gasteiger charge is 2.39. The maximum atomic E-state index is 13.8. The van der Waals surface area contributed by atoms with Gasteiger partial charge in [0, 0.05) is 4.47 Å². The normalized spacial score (nSPS) is 20.2. The van der Waals surface area contributed by atoms with E-state index in [1.54, 1.807) is 18.2 Å². The molecule has 0 spiro atoms. The van der Waals surface area contributed by atoms with E-state index < -0.39 is 5.54 Å².